The summed E-state index contributed by atoms with van der Waals surface area (Å²) in [7, 11) is 0. The van der Waals surface area contributed by atoms with Crippen molar-refractivity contribution in [2.75, 3.05) is 18.9 Å². The van der Waals surface area contributed by atoms with Crippen LogP contribution < -0.4 is 5.73 Å². The lowest BCUT2D eigenvalue weighted by atomic mass is 10.1. The van der Waals surface area contributed by atoms with Crippen LogP contribution in [0.1, 0.15) is 18.4 Å². The lowest BCUT2D eigenvalue weighted by molar-refractivity contribution is 0.153. The summed E-state index contributed by atoms with van der Waals surface area (Å²) in [6.07, 6.45) is 2.25. The molecule has 88 valence electrons. The van der Waals surface area contributed by atoms with Crippen LogP contribution in [0.15, 0.2) is 22.7 Å². The van der Waals surface area contributed by atoms with Gasteiger partial charge in [0.2, 0.25) is 0 Å². The van der Waals surface area contributed by atoms with Gasteiger partial charge in [0, 0.05) is 28.3 Å². The second-order valence-electron chi connectivity index (χ2n) is 4.26. The summed E-state index contributed by atoms with van der Waals surface area (Å²) in [4.78, 5) is 2.30. The van der Waals surface area contributed by atoms with Crippen molar-refractivity contribution in [2.24, 2.45) is 0 Å². The summed E-state index contributed by atoms with van der Waals surface area (Å²) < 4.78 is 1.05. The van der Waals surface area contributed by atoms with Crippen molar-refractivity contribution in [1.29, 1.82) is 0 Å². The average molecular weight is 285 g/mol. The van der Waals surface area contributed by atoms with Crippen LogP contribution >= 0.6 is 15.9 Å². The maximum atomic E-state index is 9.27. The number of hydrogen-bond donors (Lipinski definition) is 2. The monoisotopic (exact) mass is 284 g/mol. The lowest BCUT2D eigenvalue weighted by Crippen LogP contribution is -2.32. The van der Waals surface area contributed by atoms with Gasteiger partial charge in [-0.25, -0.2) is 0 Å². The van der Waals surface area contributed by atoms with E-state index in [4.69, 9.17) is 5.73 Å². The first-order valence-corrected chi connectivity index (χ1v) is 6.39. The Bertz CT molecular complexity index is 350. The van der Waals surface area contributed by atoms with Crippen LogP contribution in [0, 0.1) is 0 Å². The Morgan fingerprint density at radius 1 is 1.50 bits per heavy atom. The molecule has 1 aromatic rings. The Morgan fingerprint density at radius 3 is 3.00 bits per heavy atom. The van der Waals surface area contributed by atoms with E-state index in [2.05, 4.69) is 20.8 Å². The molecule has 1 aliphatic heterocycles. The molecule has 0 aromatic heterocycles. The van der Waals surface area contributed by atoms with Crippen molar-refractivity contribution in [3.8, 4) is 0 Å². The number of aliphatic hydroxyl groups excluding tert-OH is 1. The quantitative estimate of drug-likeness (QED) is 0.835. The first-order valence-electron chi connectivity index (χ1n) is 5.60. The van der Waals surface area contributed by atoms with E-state index >= 15 is 0 Å². The molecule has 4 heteroatoms. The minimum atomic E-state index is 0.240. The molecule has 3 nitrogen and oxygen atoms in total. The van der Waals surface area contributed by atoms with E-state index in [-0.39, 0.29) is 6.61 Å². The zero-order valence-corrected chi connectivity index (χ0v) is 10.8. The van der Waals surface area contributed by atoms with Crippen LogP contribution in [-0.4, -0.2) is 29.2 Å². The molecule has 16 heavy (non-hydrogen) atoms. The van der Waals surface area contributed by atoms with Crippen LogP contribution in [0.25, 0.3) is 0 Å². The van der Waals surface area contributed by atoms with Gasteiger partial charge in [-0.2, -0.15) is 0 Å². The molecular weight excluding hydrogens is 268 g/mol. The van der Waals surface area contributed by atoms with Gasteiger partial charge in [0.25, 0.3) is 0 Å². The van der Waals surface area contributed by atoms with Gasteiger partial charge < -0.3 is 10.8 Å². The largest absolute Gasteiger partial charge is 0.398 e. The lowest BCUT2D eigenvalue weighted by Gasteiger charge is -2.23. The molecule has 2 rings (SSSR count). The Hall–Kier alpha value is -0.580. The van der Waals surface area contributed by atoms with Gasteiger partial charge in [-0.1, -0.05) is 22.0 Å². The molecule has 1 atom stereocenters. The van der Waals surface area contributed by atoms with Gasteiger partial charge in [0.15, 0.2) is 0 Å². The second-order valence-corrected chi connectivity index (χ2v) is 5.11. The summed E-state index contributed by atoms with van der Waals surface area (Å²) in [6, 6.07) is 6.17. The minimum Gasteiger partial charge on any atom is -0.398 e. The fourth-order valence-electron chi connectivity index (χ4n) is 2.26. The summed E-state index contributed by atoms with van der Waals surface area (Å²) in [5.74, 6) is 0. The predicted molar refractivity (Wildman–Crippen MR) is 69.1 cm³/mol. The van der Waals surface area contributed by atoms with Crippen molar-refractivity contribution in [2.45, 2.75) is 25.4 Å². The number of anilines is 1. The summed E-state index contributed by atoms with van der Waals surface area (Å²) in [5.41, 5.74) is 7.91. The number of likely N-dealkylation sites (tertiary alicyclic amines) is 1. The molecule has 0 saturated carbocycles. The predicted octanol–water partition coefficient (Wildman–Crippen LogP) is 1.99. The molecular formula is C12H17BrN2O. The number of benzene rings is 1. The highest BCUT2D eigenvalue weighted by Crippen LogP contribution is 2.27. The standard InChI is InChI=1S/C12H17BrN2O/c13-11-4-1-5-12(14)10(11)7-15-6-2-3-9(15)8-16/h1,4-5,9,16H,2-3,6-8,14H2. The van der Waals surface area contributed by atoms with E-state index in [1.165, 1.54) is 0 Å². The van der Waals surface area contributed by atoms with Crippen LogP contribution in [0.5, 0.6) is 0 Å². The summed E-state index contributed by atoms with van der Waals surface area (Å²) in [6.45, 7) is 2.11. The van der Waals surface area contributed by atoms with E-state index in [1.807, 2.05) is 18.2 Å². The zero-order chi connectivity index (χ0) is 11.5. The number of nitrogens with zero attached hydrogens (tertiary/aromatic N) is 1. The van der Waals surface area contributed by atoms with Crippen LogP contribution in [0.3, 0.4) is 0 Å². The third-order valence-electron chi connectivity index (χ3n) is 3.23. The molecule has 0 spiro atoms. The van der Waals surface area contributed by atoms with E-state index in [1.54, 1.807) is 0 Å². The Morgan fingerprint density at radius 2 is 2.31 bits per heavy atom. The summed E-state index contributed by atoms with van der Waals surface area (Å²) >= 11 is 3.53. The highest BCUT2D eigenvalue weighted by Gasteiger charge is 2.24. The molecule has 0 amide bonds. The maximum absolute atomic E-state index is 9.27. The molecule has 3 N–H and O–H groups in total. The summed E-state index contributed by atoms with van der Waals surface area (Å²) in [5, 5.41) is 9.27. The molecule has 0 bridgehead atoms. The van der Waals surface area contributed by atoms with Crippen molar-refractivity contribution in [1.82, 2.24) is 4.90 Å². The van der Waals surface area contributed by atoms with Crippen LogP contribution in [0.2, 0.25) is 0 Å². The first-order chi connectivity index (χ1) is 7.72. The fraction of sp³-hybridized carbons (Fsp3) is 0.500. The number of halogens is 1. The highest BCUT2D eigenvalue weighted by atomic mass is 79.9. The SMILES string of the molecule is Nc1cccc(Br)c1CN1CCCC1CO. The maximum Gasteiger partial charge on any atom is 0.0587 e. The third-order valence-corrected chi connectivity index (χ3v) is 3.97. The van der Waals surface area contributed by atoms with Crippen molar-refractivity contribution >= 4 is 21.6 Å². The number of hydrogen-bond acceptors (Lipinski definition) is 3. The van der Waals surface area contributed by atoms with Gasteiger partial charge >= 0.3 is 0 Å². The van der Waals surface area contributed by atoms with Crippen LogP contribution in [0.4, 0.5) is 5.69 Å². The van der Waals surface area contributed by atoms with Crippen molar-refractivity contribution in [3.63, 3.8) is 0 Å². The Kier molecular flexibility index (Phi) is 3.84. The molecule has 0 aliphatic carbocycles. The average Bonchev–Trinajstić information content (AvgIpc) is 2.71. The second kappa shape index (κ2) is 5.17. The van der Waals surface area contributed by atoms with E-state index in [0.717, 1.165) is 41.7 Å². The molecule has 1 unspecified atom stereocenters. The molecule has 1 aromatic carbocycles. The van der Waals surface area contributed by atoms with Gasteiger partial charge in [-0.15, -0.1) is 0 Å². The highest BCUT2D eigenvalue weighted by molar-refractivity contribution is 9.10. The molecule has 1 saturated heterocycles. The molecule has 0 radical (unpaired) electrons. The minimum absolute atomic E-state index is 0.240. The smallest absolute Gasteiger partial charge is 0.0587 e. The van der Waals surface area contributed by atoms with Gasteiger partial charge in [-0.3, -0.25) is 4.90 Å². The van der Waals surface area contributed by atoms with E-state index in [9.17, 15) is 5.11 Å². The number of nitrogens with two attached hydrogens (primary N) is 1. The zero-order valence-electron chi connectivity index (χ0n) is 9.19. The molecule has 1 heterocycles. The van der Waals surface area contributed by atoms with Crippen molar-refractivity contribution in [3.05, 3.63) is 28.2 Å². The number of nitrogen functional groups attached to an aromatic ring is 1. The van der Waals surface area contributed by atoms with Crippen molar-refractivity contribution < 1.29 is 5.11 Å². The Balaban J connectivity index is 2.14. The first kappa shape index (κ1) is 11.9. The topological polar surface area (TPSA) is 49.5 Å². The third kappa shape index (κ3) is 2.39. The number of aliphatic hydroxyl groups is 1. The van der Waals surface area contributed by atoms with Gasteiger partial charge in [-0.05, 0) is 31.5 Å². The van der Waals surface area contributed by atoms with Gasteiger partial charge in [0.1, 0.15) is 0 Å². The van der Waals surface area contributed by atoms with Gasteiger partial charge in [0.05, 0.1) is 6.61 Å². The Labute approximate surface area is 104 Å². The molecule has 1 fully saturated rings. The molecule has 1 aliphatic rings. The normalized spacial score (nSPS) is 21.5. The van der Waals surface area contributed by atoms with E-state index in [0.29, 0.717) is 6.04 Å². The number of rotatable bonds is 3. The fourth-order valence-corrected chi connectivity index (χ4v) is 2.76. The van der Waals surface area contributed by atoms with Crippen LogP contribution in [-0.2, 0) is 6.54 Å². The van der Waals surface area contributed by atoms with E-state index < -0.39 is 0 Å².